The zero-order valence-corrected chi connectivity index (χ0v) is 16.1. The first-order chi connectivity index (χ1) is 13.0. The highest BCUT2D eigenvalue weighted by molar-refractivity contribution is 7.92. The van der Waals surface area contributed by atoms with E-state index >= 15 is 0 Å². The van der Waals surface area contributed by atoms with Crippen LogP contribution in [-0.4, -0.2) is 45.0 Å². The maximum Gasteiger partial charge on any atom is 0.265 e. The number of hydrogen-bond donors (Lipinski definition) is 0. The van der Waals surface area contributed by atoms with Crippen molar-refractivity contribution in [2.45, 2.75) is 23.8 Å². The normalized spacial score (nSPS) is 19.5. The number of benzene rings is 2. The van der Waals surface area contributed by atoms with Crippen LogP contribution in [0.4, 0.5) is 5.69 Å². The second kappa shape index (κ2) is 7.05. The van der Waals surface area contributed by atoms with Gasteiger partial charge in [-0.1, -0.05) is 23.7 Å². The van der Waals surface area contributed by atoms with Crippen molar-refractivity contribution in [3.63, 3.8) is 0 Å². The third-order valence-corrected chi connectivity index (χ3v) is 6.88. The smallest absolute Gasteiger partial charge is 0.265 e. The Morgan fingerprint density at radius 1 is 1.04 bits per heavy atom. The standard InChI is InChI=1S/C19H19ClN2O4S/c20-14-7-9-15(10-8-14)27(24,25)22-13-18(19(23)21-11-3-4-12-21)26-17-6-2-1-5-16(17)22/h1-2,5-10,18H,3-4,11-13H2. The van der Waals surface area contributed by atoms with E-state index in [4.69, 9.17) is 16.3 Å². The Morgan fingerprint density at radius 2 is 1.70 bits per heavy atom. The average Bonchev–Trinajstić information content (AvgIpc) is 3.21. The number of amides is 1. The topological polar surface area (TPSA) is 66.9 Å². The van der Waals surface area contributed by atoms with Gasteiger partial charge in [-0.2, -0.15) is 0 Å². The second-order valence-corrected chi connectivity index (χ2v) is 8.90. The van der Waals surface area contributed by atoms with E-state index < -0.39 is 16.1 Å². The van der Waals surface area contributed by atoms with Crippen LogP contribution >= 0.6 is 11.6 Å². The number of rotatable bonds is 3. The summed E-state index contributed by atoms with van der Waals surface area (Å²) in [5, 5.41) is 0.457. The van der Waals surface area contributed by atoms with Gasteiger partial charge in [-0.15, -0.1) is 0 Å². The molecule has 2 aromatic carbocycles. The van der Waals surface area contributed by atoms with E-state index in [1.54, 1.807) is 29.2 Å². The van der Waals surface area contributed by atoms with Gasteiger partial charge in [0.15, 0.2) is 6.10 Å². The highest BCUT2D eigenvalue weighted by Crippen LogP contribution is 2.37. The molecule has 2 aliphatic rings. The van der Waals surface area contributed by atoms with E-state index in [1.165, 1.54) is 28.6 Å². The van der Waals surface area contributed by atoms with Crippen molar-refractivity contribution in [2.75, 3.05) is 23.9 Å². The first-order valence-electron chi connectivity index (χ1n) is 8.79. The minimum atomic E-state index is -3.86. The van der Waals surface area contributed by atoms with Crippen LogP contribution < -0.4 is 9.04 Å². The van der Waals surface area contributed by atoms with Crippen LogP contribution in [0.3, 0.4) is 0 Å². The van der Waals surface area contributed by atoms with E-state index in [-0.39, 0.29) is 17.3 Å². The van der Waals surface area contributed by atoms with Crippen molar-refractivity contribution in [1.82, 2.24) is 4.90 Å². The fourth-order valence-corrected chi connectivity index (χ4v) is 5.04. The number of nitrogens with zero attached hydrogens (tertiary/aromatic N) is 2. The highest BCUT2D eigenvalue weighted by atomic mass is 35.5. The van der Waals surface area contributed by atoms with Crippen molar-refractivity contribution < 1.29 is 17.9 Å². The van der Waals surface area contributed by atoms with Gasteiger partial charge < -0.3 is 9.64 Å². The number of fused-ring (bicyclic) bond motifs is 1. The number of hydrogen-bond acceptors (Lipinski definition) is 4. The van der Waals surface area contributed by atoms with Crippen LogP contribution in [0.1, 0.15) is 12.8 Å². The number of halogens is 1. The molecular formula is C19H19ClN2O4S. The molecule has 0 N–H and O–H groups in total. The molecule has 1 amide bonds. The van der Waals surface area contributed by atoms with Crippen molar-refractivity contribution in [2.24, 2.45) is 0 Å². The molecule has 2 aromatic rings. The predicted octanol–water partition coefficient (Wildman–Crippen LogP) is 2.92. The van der Waals surface area contributed by atoms with Gasteiger partial charge in [0.25, 0.3) is 15.9 Å². The van der Waals surface area contributed by atoms with Crippen LogP contribution in [0.25, 0.3) is 0 Å². The van der Waals surface area contributed by atoms with Crippen molar-refractivity contribution in [3.8, 4) is 5.75 Å². The molecule has 0 radical (unpaired) electrons. The Kier molecular flexibility index (Phi) is 4.74. The van der Waals surface area contributed by atoms with Crippen molar-refractivity contribution in [3.05, 3.63) is 53.6 Å². The average molecular weight is 407 g/mol. The van der Waals surface area contributed by atoms with Gasteiger partial charge in [-0.25, -0.2) is 8.42 Å². The first kappa shape index (κ1) is 18.1. The molecule has 0 saturated carbocycles. The van der Waals surface area contributed by atoms with Gasteiger partial charge >= 0.3 is 0 Å². The fraction of sp³-hybridized carbons (Fsp3) is 0.316. The molecule has 0 aromatic heterocycles. The predicted molar refractivity (Wildman–Crippen MR) is 103 cm³/mol. The number of sulfonamides is 1. The van der Waals surface area contributed by atoms with Crippen LogP contribution in [0.15, 0.2) is 53.4 Å². The number of likely N-dealkylation sites (tertiary alicyclic amines) is 1. The quantitative estimate of drug-likeness (QED) is 0.786. The minimum Gasteiger partial charge on any atom is -0.476 e. The molecule has 1 fully saturated rings. The Balaban J connectivity index is 1.72. The summed E-state index contributed by atoms with van der Waals surface area (Å²) in [7, 11) is -3.86. The summed E-state index contributed by atoms with van der Waals surface area (Å²) in [5.41, 5.74) is 0.429. The summed E-state index contributed by atoms with van der Waals surface area (Å²) in [4.78, 5) is 14.7. The number of carbonyl (C=O) groups excluding carboxylic acids is 1. The van der Waals surface area contributed by atoms with Crippen molar-refractivity contribution in [1.29, 1.82) is 0 Å². The lowest BCUT2D eigenvalue weighted by Crippen LogP contribution is -2.51. The van der Waals surface area contributed by atoms with E-state index in [0.717, 1.165) is 12.8 Å². The lowest BCUT2D eigenvalue weighted by molar-refractivity contribution is -0.137. The zero-order chi connectivity index (χ0) is 19.0. The van der Waals surface area contributed by atoms with Gasteiger partial charge in [0.1, 0.15) is 5.75 Å². The lowest BCUT2D eigenvalue weighted by Gasteiger charge is -2.36. The molecule has 0 bridgehead atoms. The largest absolute Gasteiger partial charge is 0.476 e. The van der Waals surface area contributed by atoms with Crippen LogP contribution in [0.5, 0.6) is 5.75 Å². The zero-order valence-electron chi connectivity index (χ0n) is 14.5. The van der Waals surface area contributed by atoms with Crippen LogP contribution in [-0.2, 0) is 14.8 Å². The van der Waals surface area contributed by atoms with E-state index in [0.29, 0.717) is 29.5 Å². The summed E-state index contributed by atoms with van der Waals surface area (Å²) >= 11 is 5.89. The van der Waals surface area contributed by atoms with Crippen molar-refractivity contribution >= 4 is 33.2 Å². The fourth-order valence-electron chi connectivity index (χ4n) is 3.43. The molecule has 142 valence electrons. The number of anilines is 1. The summed E-state index contributed by atoms with van der Waals surface area (Å²) in [6.07, 6.45) is 1.06. The monoisotopic (exact) mass is 406 g/mol. The molecule has 2 heterocycles. The van der Waals surface area contributed by atoms with E-state index in [1.807, 2.05) is 0 Å². The SMILES string of the molecule is O=C(C1CN(S(=O)(=O)c2ccc(Cl)cc2)c2ccccc2O1)N1CCCC1. The van der Waals surface area contributed by atoms with Gasteiger partial charge in [-0.05, 0) is 49.2 Å². The Labute approximate surface area is 163 Å². The number of para-hydroxylation sites is 2. The molecule has 1 atom stereocenters. The summed E-state index contributed by atoms with van der Waals surface area (Å²) in [6, 6.07) is 12.9. The molecule has 0 spiro atoms. The second-order valence-electron chi connectivity index (χ2n) is 6.60. The minimum absolute atomic E-state index is 0.0582. The summed E-state index contributed by atoms with van der Waals surface area (Å²) < 4.78 is 33.6. The van der Waals surface area contributed by atoms with E-state index in [9.17, 15) is 13.2 Å². The maximum absolute atomic E-state index is 13.3. The van der Waals surface area contributed by atoms with E-state index in [2.05, 4.69) is 0 Å². The first-order valence-corrected chi connectivity index (χ1v) is 10.6. The Morgan fingerprint density at radius 3 is 2.41 bits per heavy atom. The molecule has 0 aliphatic carbocycles. The Bertz CT molecular complexity index is 956. The molecule has 6 nitrogen and oxygen atoms in total. The number of ether oxygens (including phenoxy) is 1. The maximum atomic E-state index is 13.3. The Hall–Kier alpha value is -2.25. The summed E-state index contributed by atoms with van der Waals surface area (Å²) in [5.74, 6) is 0.220. The molecule has 8 heteroatoms. The van der Waals surface area contributed by atoms with Gasteiger partial charge in [-0.3, -0.25) is 9.10 Å². The summed E-state index contributed by atoms with van der Waals surface area (Å²) in [6.45, 7) is 1.31. The van der Waals surface area contributed by atoms with Gasteiger partial charge in [0.2, 0.25) is 0 Å². The molecule has 27 heavy (non-hydrogen) atoms. The molecular weight excluding hydrogens is 388 g/mol. The highest BCUT2D eigenvalue weighted by Gasteiger charge is 2.39. The lowest BCUT2D eigenvalue weighted by atomic mass is 10.2. The van der Waals surface area contributed by atoms with Crippen LogP contribution in [0.2, 0.25) is 5.02 Å². The molecule has 4 rings (SSSR count). The molecule has 2 aliphatic heterocycles. The van der Waals surface area contributed by atoms with Crippen LogP contribution in [0, 0.1) is 0 Å². The third kappa shape index (κ3) is 3.37. The number of carbonyl (C=O) groups is 1. The third-order valence-electron chi connectivity index (χ3n) is 4.83. The molecule has 1 unspecified atom stereocenters. The molecule has 1 saturated heterocycles. The van der Waals surface area contributed by atoms with Gasteiger partial charge in [0, 0.05) is 18.1 Å². The van der Waals surface area contributed by atoms with Gasteiger partial charge in [0.05, 0.1) is 17.1 Å².